The molecule has 16 heavy (non-hydrogen) atoms. The Morgan fingerprint density at radius 1 is 1.62 bits per heavy atom. The van der Waals surface area contributed by atoms with Crippen LogP contribution in [-0.2, 0) is 11.2 Å². The van der Waals surface area contributed by atoms with E-state index in [2.05, 4.69) is 0 Å². The van der Waals surface area contributed by atoms with Crippen molar-refractivity contribution < 1.29 is 14.6 Å². The molecule has 86 valence electrons. The molecule has 1 N–H and O–H groups in total. The standard InChI is InChI=1S/C13H16O3/c1-3-11(13(14)15)9-4-5-12-10(7-9)6-8(2)16-12/h4-5,7-8,11H,3,6H2,1-2H3,(H,14,15). The first kappa shape index (κ1) is 11.0. The van der Waals surface area contributed by atoms with Crippen LogP contribution in [0.25, 0.3) is 0 Å². The maximum Gasteiger partial charge on any atom is 0.310 e. The van der Waals surface area contributed by atoms with Crippen LogP contribution in [0.1, 0.15) is 37.3 Å². The van der Waals surface area contributed by atoms with Crippen molar-refractivity contribution in [2.24, 2.45) is 0 Å². The summed E-state index contributed by atoms with van der Waals surface area (Å²) in [4.78, 5) is 11.1. The summed E-state index contributed by atoms with van der Waals surface area (Å²) >= 11 is 0. The van der Waals surface area contributed by atoms with Gasteiger partial charge in [-0.15, -0.1) is 0 Å². The monoisotopic (exact) mass is 220 g/mol. The highest BCUT2D eigenvalue weighted by atomic mass is 16.5. The molecule has 2 atom stereocenters. The van der Waals surface area contributed by atoms with Gasteiger partial charge in [-0.2, -0.15) is 0 Å². The van der Waals surface area contributed by atoms with E-state index in [1.165, 1.54) is 0 Å². The van der Waals surface area contributed by atoms with Gasteiger partial charge in [-0.05, 0) is 30.5 Å². The SMILES string of the molecule is CCC(C(=O)O)c1ccc2c(c1)CC(C)O2. The fraction of sp³-hybridized carbons (Fsp3) is 0.462. The van der Waals surface area contributed by atoms with Crippen LogP contribution in [0.3, 0.4) is 0 Å². The van der Waals surface area contributed by atoms with Crippen molar-refractivity contribution in [2.75, 3.05) is 0 Å². The summed E-state index contributed by atoms with van der Waals surface area (Å²) in [6.07, 6.45) is 1.69. The van der Waals surface area contributed by atoms with Gasteiger partial charge in [0.2, 0.25) is 0 Å². The van der Waals surface area contributed by atoms with Crippen molar-refractivity contribution in [2.45, 2.75) is 38.7 Å². The van der Waals surface area contributed by atoms with E-state index < -0.39 is 11.9 Å². The normalized spacial score (nSPS) is 20.0. The molecule has 0 aromatic heterocycles. The Kier molecular flexibility index (Phi) is 2.86. The number of benzene rings is 1. The van der Waals surface area contributed by atoms with Gasteiger partial charge in [0.1, 0.15) is 11.9 Å². The second-order valence-corrected chi connectivity index (χ2v) is 4.30. The van der Waals surface area contributed by atoms with Gasteiger partial charge in [-0.1, -0.05) is 19.1 Å². The Balaban J connectivity index is 2.31. The van der Waals surface area contributed by atoms with Crippen LogP contribution >= 0.6 is 0 Å². The van der Waals surface area contributed by atoms with E-state index in [0.29, 0.717) is 6.42 Å². The third-order valence-corrected chi connectivity index (χ3v) is 3.03. The van der Waals surface area contributed by atoms with Gasteiger partial charge in [0, 0.05) is 6.42 Å². The number of fused-ring (bicyclic) bond motifs is 1. The van der Waals surface area contributed by atoms with Crippen LogP contribution in [0, 0.1) is 0 Å². The molecule has 2 rings (SSSR count). The average molecular weight is 220 g/mol. The zero-order chi connectivity index (χ0) is 11.7. The molecule has 0 bridgehead atoms. The van der Waals surface area contributed by atoms with Crippen molar-refractivity contribution in [1.29, 1.82) is 0 Å². The molecule has 2 unspecified atom stereocenters. The highest BCUT2D eigenvalue weighted by Crippen LogP contribution is 2.32. The van der Waals surface area contributed by atoms with E-state index in [1.54, 1.807) is 0 Å². The summed E-state index contributed by atoms with van der Waals surface area (Å²) in [6, 6.07) is 5.72. The van der Waals surface area contributed by atoms with Crippen LogP contribution in [0.2, 0.25) is 0 Å². The van der Waals surface area contributed by atoms with Crippen molar-refractivity contribution in [3.8, 4) is 5.75 Å². The van der Waals surface area contributed by atoms with Gasteiger partial charge in [-0.3, -0.25) is 4.79 Å². The number of hydrogen-bond donors (Lipinski definition) is 1. The van der Waals surface area contributed by atoms with Crippen molar-refractivity contribution >= 4 is 5.97 Å². The third-order valence-electron chi connectivity index (χ3n) is 3.03. The van der Waals surface area contributed by atoms with Crippen LogP contribution in [0.5, 0.6) is 5.75 Å². The Morgan fingerprint density at radius 3 is 3.00 bits per heavy atom. The number of carbonyl (C=O) groups is 1. The largest absolute Gasteiger partial charge is 0.490 e. The fourth-order valence-electron chi connectivity index (χ4n) is 2.21. The first-order chi connectivity index (χ1) is 7.61. The number of ether oxygens (including phenoxy) is 1. The lowest BCUT2D eigenvalue weighted by Crippen LogP contribution is -2.10. The molecule has 1 aliphatic rings. The molecule has 3 heteroatoms. The van der Waals surface area contributed by atoms with Gasteiger partial charge < -0.3 is 9.84 Å². The molecule has 3 nitrogen and oxygen atoms in total. The first-order valence-electron chi connectivity index (χ1n) is 5.64. The summed E-state index contributed by atoms with van der Waals surface area (Å²) in [7, 11) is 0. The maximum absolute atomic E-state index is 11.1. The molecule has 0 amide bonds. The first-order valence-corrected chi connectivity index (χ1v) is 5.64. The van der Waals surface area contributed by atoms with E-state index >= 15 is 0 Å². The molecule has 0 saturated carbocycles. The molecule has 0 radical (unpaired) electrons. The molecule has 0 aliphatic carbocycles. The molecular formula is C13H16O3. The number of carboxylic acid groups (broad SMARTS) is 1. The van der Waals surface area contributed by atoms with E-state index in [4.69, 9.17) is 9.84 Å². The molecular weight excluding hydrogens is 204 g/mol. The number of carboxylic acids is 1. The van der Waals surface area contributed by atoms with Crippen LogP contribution in [-0.4, -0.2) is 17.2 Å². The summed E-state index contributed by atoms with van der Waals surface area (Å²) in [5, 5.41) is 9.10. The molecule has 0 saturated heterocycles. The molecule has 1 aromatic carbocycles. The topological polar surface area (TPSA) is 46.5 Å². The quantitative estimate of drug-likeness (QED) is 0.851. The van der Waals surface area contributed by atoms with E-state index in [-0.39, 0.29) is 6.10 Å². The highest BCUT2D eigenvalue weighted by Gasteiger charge is 2.23. The molecule has 1 aromatic rings. The second-order valence-electron chi connectivity index (χ2n) is 4.30. The van der Waals surface area contributed by atoms with Gasteiger partial charge >= 0.3 is 5.97 Å². The number of aliphatic carboxylic acids is 1. The lowest BCUT2D eigenvalue weighted by Gasteiger charge is -2.11. The van der Waals surface area contributed by atoms with E-state index in [9.17, 15) is 4.79 Å². The molecule has 1 heterocycles. The van der Waals surface area contributed by atoms with E-state index in [1.807, 2.05) is 32.0 Å². The predicted octanol–water partition coefficient (Wildman–Crippen LogP) is 2.59. The smallest absolute Gasteiger partial charge is 0.310 e. The van der Waals surface area contributed by atoms with Crippen molar-refractivity contribution in [3.63, 3.8) is 0 Å². The minimum absolute atomic E-state index is 0.204. The minimum Gasteiger partial charge on any atom is -0.490 e. The molecule has 1 aliphatic heterocycles. The third kappa shape index (κ3) is 1.90. The van der Waals surface area contributed by atoms with Crippen molar-refractivity contribution in [3.05, 3.63) is 29.3 Å². The molecule has 0 spiro atoms. The zero-order valence-corrected chi connectivity index (χ0v) is 9.56. The van der Waals surface area contributed by atoms with Crippen LogP contribution in [0.15, 0.2) is 18.2 Å². The summed E-state index contributed by atoms with van der Waals surface area (Å²) in [5.41, 5.74) is 2.01. The Bertz CT molecular complexity index is 412. The fourth-order valence-corrected chi connectivity index (χ4v) is 2.21. The highest BCUT2D eigenvalue weighted by molar-refractivity contribution is 5.76. The minimum atomic E-state index is -0.755. The predicted molar refractivity (Wildman–Crippen MR) is 60.9 cm³/mol. The van der Waals surface area contributed by atoms with Crippen molar-refractivity contribution in [1.82, 2.24) is 0 Å². The van der Waals surface area contributed by atoms with Gasteiger partial charge in [0.05, 0.1) is 5.92 Å². The number of hydrogen-bond acceptors (Lipinski definition) is 2. The average Bonchev–Trinajstić information content (AvgIpc) is 2.57. The van der Waals surface area contributed by atoms with Crippen LogP contribution < -0.4 is 4.74 Å². The maximum atomic E-state index is 11.1. The van der Waals surface area contributed by atoms with Gasteiger partial charge in [0.25, 0.3) is 0 Å². The summed E-state index contributed by atoms with van der Waals surface area (Å²) < 4.78 is 5.59. The van der Waals surface area contributed by atoms with Gasteiger partial charge in [-0.25, -0.2) is 0 Å². The lowest BCUT2D eigenvalue weighted by atomic mass is 9.94. The summed E-state index contributed by atoms with van der Waals surface area (Å²) in [5.74, 6) is -0.257. The Labute approximate surface area is 95.0 Å². The zero-order valence-electron chi connectivity index (χ0n) is 9.56. The number of rotatable bonds is 3. The summed E-state index contributed by atoms with van der Waals surface area (Å²) in [6.45, 7) is 3.92. The lowest BCUT2D eigenvalue weighted by molar-refractivity contribution is -0.138. The van der Waals surface area contributed by atoms with Gasteiger partial charge in [0.15, 0.2) is 0 Å². The van der Waals surface area contributed by atoms with Crippen LogP contribution in [0.4, 0.5) is 0 Å². The molecule has 0 fully saturated rings. The Hall–Kier alpha value is -1.51. The Morgan fingerprint density at radius 2 is 2.38 bits per heavy atom. The van der Waals surface area contributed by atoms with E-state index in [0.717, 1.165) is 23.3 Å². The second kappa shape index (κ2) is 4.16.